The van der Waals surface area contributed by atoms with Crippen molar-refractivity contribution in [3.8, 4) is 5.75 Å². The minimum absolute atomic E-state index is 0.00949. The van der Waals surface area contributed by atoms with Crippen LogP contribution in [0.4, 0.5) is 28.4 Å². The molecule has 0 bridgehead atoms. The number of hydrazine groups is 1. The van der Waals surface area contributed by atoms with Crippen molar-refractivity contribution < 1.29 is 45.7 Å². The van der Waals surface area contributed by atoms with Crippen molar-refractivity contribution in [1.82, 2.24) is 0 Å². The van der Waals surface area contributed by atoms with Crippen LogP contribution in [0.5, 0.6) is 5.75 Å². The summed E-state index contributed by atoms with van der Waals surface area (Å²) in [5, 5.41) is 35.3. The van der Waals surface area contributed by atoms with Gasteiger partial charge in [0.1, 0.15) is 22.9 Å². The van der Waals surface area contributed by atoms with Gasteiger partial charge in [-0.25, -0.2) is 5.84 Å². The van der Waals surface area contributed by atoms with Crippen LogP contribution in [0.25, 0.3) is 6.08 Å². The molecule has 0 spiro atoms. The molecule has 7 N–H and O–H groups in total. The van der Waals surface area contributed by atoms with Crippen molar-refractivity contribution in [1.29, 1.82) is 0 Å². The molecular weight excluding hydrogens is 693 g/mol. The summed E-state index contributed by atoms with van der Waals surface area (Å²) in [6.07, 6.45) is 1.11. The van der Waals surface area contributed by atoms with Crippen molar-refractivity contribution in [3.63, 3.8) is 0 Å². The molecule has 1 aliphatic rings. The standard InChI is InChI=1S/C32H30N6O10S2/c33-38(37-31-30(50(45,46)47)18-21-16-24(8-11-26(21)32(31)41)34-22-4-2-1-3-5-22)28-17-20(12-13-39)27(19-29(28)48-15-14-40)36-35-23-6-9-25(10-7-23)49(42,43)44/h1-11,16-19,34,39-40H,12-15,33H2,(H,42,43,44)(H,45,46,47)/b36-35+,37-31+. The third-order valence-corrected chi connectivity index (χ3v) is 8.86. The minimum Gasteiger partial charge on any atom is -0.489 e. The molecule has 4 aromatic rings. The number of hydrogen-bond acceptors (Lipinski definition) is 14. The second-order valence-corrected chi connectivity index (χ2v) is 13.4. The van der Waals surface area contributed by atoms with Gasteiger partial charge in [0.05, 0.1) is 22.9 Å². The number of benzene rings is 4. The summed E-state index contributed by atoms with van der Waals surface area (Å²) >= 11 is 0. The third-order valence-electron chi connectivity index (χ3n) is 7.12. The van der Waals surface area contributed by atoms with Crippen LogP contribution in [0.1, 0.15) is 21.5 Å². The monoisotopic (exact) mass is 722 g/mol. The molecule has 16 nitrogen and oxygen atoms in total. The highest BCUT2D eigenvalue weighted by Crippen LogP contribution is 2.37. The molecule has 5 rings (SSSR count). The van der Waals surface area contributed by atoms with Gasteiger partial charge in [0.15, 0.2) is 5.71 Å². The summed E-state index contributed by atoms with van der Waals surface area (Å²) in [5.41, 5.74) is 1.56. The van der Waals surface area contributed by atoms with Gasteiger partial charge in [-0.2, -0.15) is 37.3 Å². The van der Waals surface area contributed by atoms with Crippen LogP contribution in [-0.2, 0) is 26.7 Å². The third kappa shape index (κ3) is 8.44. The van der Waals surface area contributed by atoms with E-state index < -0.39 is 43.2 Å². The summed E-state index contributed by atoms with van der Waals surface area (Å²) in [7, 11) is -9.43. The van der Waals surface area contributed by atoms with E-state index in [1.54, 1.807) is 12.1 Å². The number of nitrogens with zero attached hydrogens (tertiary/aromatic N) is 4. The molecule has 0 fully saturated rings. The maximum absolute atomic E-state index is 13.7. The van der Waals surface area contributed by atoms with Crippen LogP contribution in [0.3, 0.4) is 0 Å². The van der Waals surface area contributed by atoms with Crippen LogP contribution in [0.2, 0.25) is 0 Å². The van der Waals surface area contributed by atoms with E-state index in [-0.39, 0.29) is 58.5 Å². The van der Waals surface area contributed by atoms with Crippen molar-refractivity contribution in [2.75, 3.05) is 30.3 Å². The van der Waals surface area contributed by atoms with Crippen LogP contribution >= 0.6 is 0 Å². The Labute approximate surface area is 286 Å². The fraction of sp³-hybridized carbons (Fsp3) is 0.125. The quantitative estimate of drug-likeness (QED) is 0.0491. The molecule has 0 unspecified atom stereocenters. The molecule has 4 aromatic carbocycles. The number of ether oxygens (including phenoxy) is 1. The van der Waals surface area contributed by atoms with Crippen molar-refractivity contribution in [2.24, 2.45) is 21.2 Å². The van der Waals surface area contributed by atoms with Gasteiger partial charge in [-0.3, -0.25) is 13.9 Å². The highest BCUT2D eigenvalue weighted by atomic mass is 32.2. The van der Waals surface area contributed by atoms with E-state index in [0.717, 1.165) is 23.9 Å². The second kappa shape index (κ2) is 15.0. The number of azo groups is 1. The summed E-state index contributed by atoms with van der Waals surface area (Å²) in [5.74, 6) is 5.38. The normalized spacial score (nSPS) is 14.1. The van der Waals surface area contributed by atoms with Gasteiger partial charge in [-0.05, 0) is 84.3 Å². The SMILES string of the molecule is NN(/N=C1/C(=O)c2ccc(Nc3ccccc3)cc2C=C1S(=O)(=O)O)c1cc(CCO)c(/N=N/c2ccc(S(=O)(=O)O)cc2)cc1OCCO. The largest absolute Gasteiger partial charge is 0.489 e. The molecule has 0 aromatic heterocycles. The lowest BCUT2D eigenvalue weighted by atomic mass is 9.94. The molecular formula is C32H30N6O10S2. The maximum atomic E-state index is 13.7. The number of rotatable bonds is 13. The molecule has 0 atom stereocenters. The Morgan fingerprint density at radius 2 is 1.54 bits per heavy atom. The van der Waals surface area contributed by atoms with E-state index in [9.17, 15) is 40.9 Å². The molecule has 1 aliphatic carbocycles. The zero-order valence-electron chi connectivity index (χ0n) is 25.9. The first kappa shape index (κ1) is 36.0. The first-order chi connectivity index (χ1) is 23.8. The summed E-state index contributed by atoms with van der Waals surface area (Å²) in [4.78, 5) is 12.5. The first-order valence-corrected chi connectivity index (χ1v) is 17.5. The molecule has 18 heteroatoms. The lowest BCUT2D eigenvalue weighted by Crippen LogP contribution is -2.33. The predicted molar refractivity (Wildman–Crippen MR) is 184 cm³/mol. The fourth-order valence-electron chi connectivity index (χ4n) is 4.82. The molecule has 0 saturated heterocycles. The number of allylic oxidation sites excluding steroid dienone is 1. The minimum atomic E-state index is -5.01. The van der Waals surface area contributed by atoms with Gasteiger partial charge < -0.3 is 20.3 Å². The molecule has 0 aliphatic heterocycles. The van der Waals surface area contributed by atoms with E-state index in [1.807, 2.05) is 30.3 Å². The number of aliphatic hydroxyl groups excluding tert-OH is 2. The van der Waals surface area contributed by atoms with Crippen LogP contribution in [0, 0.1) is 0 Å². The number of hydrazone groups is 1. The number of anilines is 3. The Balaban J connectivity index is 1.53. The Morgan fingerprint density at radius 3 is 2.18 bits per heavy atom. The number of carbonyl (C=O) groups is 1. The lowest BCUT2D eigenvalue weighted by Gasteiger charge is -2.22. The van der Waals surface area contributed by atoms with E-state index in [2.05, 4.69) is 20.6 Å². The van der Waals surface area contributed by atoms with Crippen LogP contribution in [0.15, 0.2) is 110 Å². The van der Waals surface area contributed by atoms with Gasteiger partial charge in [0.25, 0.3) is 20.2 Å². The van der Waals surface area contributed by atoms with E-state index in [1.165, 1.54) is 30.3 Å². The van der Waals surface area contributed by atoms with Gasteiger partial charge >= 0.3 is 0 Å². The van der Waals surface area contributed by atoms with Crippen molar-refractivity contribution in [2.45, 2.75) is 11.3 Å². The highest BCUT2D eigenvalue weighted by molar-refractivity contribution is 7.91. The van der Waals surface area contributed by atoms with E-state index in [4.69, 9.17) is 10.6 Å². The zero-order valence-corrected chi connectivity index (χ0v) is 27.5. The number of nitrogens with one attached hydrogen (secondary N) is 1. The molecule has 0 radical (unpaired) electrons. The summed E-state index contributed by atoms with van der Waals surface area (Å²) < 4.78 is 72.7. The van der Waals surface area contributed by atoms with Gasteiger partial charge in [0, 0.05) is 29.6 Å². The molecule has 260 valence electrons. The Bertz CT molecular complexity index is 2230. The van der Waals surface area contributed by atoms with E-state index in [0.29, 0.717) is 16.4 Å². The average molecular weight is 723 g/mol. The number of ketones is 1. The number of fused-ring (bicyclic) bond motifs is 1. The van der Waals surface area contributed by atoms with Crippen molar-refractivity contribution >= 4 is 66.2 Å². The second-order valence-electron chi connectivity index (χ2n) is 10.6. The van der Waals surface area contributed by atoms with Crippen LogP contribution in [-0.4, -0.2) is 67.5 Å². The highest BCUT2D eigenvalue weighted by Gasteiger charge is 2.34. The summed E-state index contributed by atoms with van der Waals surface area (Å²) in [6, 6.07) is 21.4. The Hall–Kier alpha value is -5.34. The predicted octanol–water partition coefficient (Wildman–Crippen LogP) is 4.16. The molecule has 0 heterocycles. The topological polar surface area (TPSA) is 254 Å². The van der Waals surface area contributed by atoms with Crippen molar-refractivity contribution in [3.05, 3.63) is 107 Å². The van der Waals surface area contributed by atoms with Crippen LogP contribution < -0.4 is 21.0 Å². The number of nitrogens with two attached hydrogens (primary N) is 1. The number of carbonyl (C=O) groups excluding carboxylic acids is 1. The number of hydrogen-bond donors (Lipinski definition) is 6. The van der Waals surface area contributed by atoms with Gasteiger partial charge in [-0.1, -0.05) is 18.2 Å². The lowest BCUT2D eigenvalue weighted by molar-refractivity contribution is 0.106. The average Bonchev–Trinajstić information content (AvgIpc) is 3.07. The number of Topliss-reactive ketones (excluding diaryl/α,β-unsaturated/α-hetero) is 1. The van der Waals surface area contributed by atoms with E-state index >= 15 is 0 Å². The van der Waals surface area contributed by atoms with Gasteiger partial charge in [-0.15, -0.1) is 0 Å². The number of para-hydroxylation sites is 1. The smallest absolute Gasteiger partial charge is 0.296 e. The van der Waals surface area contributed by atoms with Gasteiger partial charge in [0.2, 0.25) is 5.78 Å². The fourth-order valence-corrected chi connectivity index (χ4v) is 5.95. The first-order valence-electron chi connectivity index (χ1n) is 14.6. The Kier molecular flexibility index (Phi) is 10.8. The number of aliphatic hydroxyl groups is 2. The molecule has 50 heavy (non-hydrogen) atoms. The maximum Gasteiger partial charge on any atom is 0.296 e. The molecule has 0 saturated carbocycles. The molecule has 0 amide bonds. The zero-order chi connectivity index (χ0) is 36.1. The summed E-state index contributed by atoms with van der Waals surface area (Å²) in [6.45, 7) is -1.00. The Morgan fingerprint density at radius 1 is 0.820 bits per heavy atom.